The third-order valence-electron chi connectivity index (χ3n) is 2.33. The van der Waals surface area contributed by atoms with Gasteiger partial charge in [-0.25, -0.2) is 9.59 Å². The van der Waals surface area contributed by atoms with E-state index in [-0.39, 0.29) is 25.7 Å². The van der Waals surface area contributed by atoms with Crippen molar-refractivity contribution >= 4 is 17.8 Å². The molecule has 0 bridgehead atoms. The van der Waals surface area contributed by atoms with E-state index in [4.69, 9.17) is 9.84 Å². The summed E-state index contributed by atoms with van der Waals surface area (Å²) in [6.45, 7) is -0.216. The van der Waals surface area contributed by atoms with Crippen molar-refractivity contribution in [2.45, 2.75) is 6.10 Å². The number of rotatable bonds is 5. The molecule has 102 valence electrons. The molecular formula is C10H15NO7. The molecule has 1 atom stereocenters. The number of carbonyl (C=O) groups is 3. The van der Waals surface area contributed by atoms with Gasteiger partial charge in [0.05, 0.1) is 20.3 Å². The Morgan fingerprint density at radius 2 is 2.11 bits per heavy atom. The molecule has 1 unspecified atom stereocenters. The quantitative estimate of drug-likeness (QED) is 0.600. The number of hydrogen-bond acceptors (Lipinski definition) is 6. The molecular weight excluding hydrogens is 246 g/mol. The Morgan fingerprint density at radius 1 is 1.39 bits per heavy atom. The van der Waals surface area contributed by atoms with Crippen LogP contribution in [0.3, 0.4) is 0 Å². The Morgan fingerprint density at radius 3 is 2.72 bits per heavy atom. The van der Waals surface area contributed by atoms with Crippen LogP contribution in [0.5, 0.6) is 0 Å². The summed E-state index contributed by atoms with van der Waals surface area (Å²) in [6, 6.07) is 0. The van der Waals surface area contributed by atoms with Crippen LogP contribution in [0.1, 0.15) is 0 Å². The summed E-state index contributed by atoms with van der Waals surface area (Å²) in [7, 11) is 1.24. The molecule has 18 heavy (non-hydrogen) atoms. The summed E-state index contributed by atoms with van der Waals surface area (Å²) in [6.07, 6.45) is -0.799. The maximum atomic E-state index is 11.6. The van der Waals surface area contributed by atoms with Crippen molar-refractivity contribution in [1.82, 2.24) is 4.90 Å². The smallest absolute Gasteiger partial charge is 0.336 e. The maximum Gasteiger partial charge on any atom is 0.336 e. The molecule has 0 aromatic carbocycles. The Balaban J connectivity index is 2.38. The zero-order valence-corrected chi connectivity index (χ0v) is 9.96. The van der Waals surface area contributed by atoms with E-state index in [1.54, 1.807) is 0 Å². The van der Waals surface area contributed by atoms with E-state index in [0.29, 0.717) is 6.54 Å². The van der Waals surface area contributed by atoms with Crippen molar-refractivity contribution in [3.63, 3.8) is 0 Å². The first-order valence-electron chi connectivity index (χ1n) is 5.31. The highest BCUT2D eigenvalue weighted by molar-refractivity contribution is 5.80. The predicted octanol–water partition coefficient (Wildman–Crippen LogP) is -1.51. The fourth-order valence-corrected chi connectivity index (χ4v) is 1.47. The largest absolute Gasteiger partial charge is 0.480 e. The Bertz CT molecular complexity index is 330. The molecule has 1 amide bonds. The van der Waals surface area contributed by atoms with E-state index in [2.05, 4.69) is 9.47 Å². The van der Waals surface area contributed by atoms with Crippen LogP contribution in [-0.2, 0) is 28.6 Å². The number of esters is 1. The molecule has 0 saturated carbocycles. The minimum Gasteiger partial charge on any atom is -0.480 e. The lowest BCUT2D eigenvalue weighted by molar-refractivity contribution is -0.163. The molecule has 1 heterocycles. The zero-order valence-electron chi connectivity index (χ0n) is 9.96. The number of nitrogens with zero attached hydrogens (tertiary/aromatic N) is 1. The van der Waals surface area contributed by atoms with E-state index in [9.17, 15) is 14.4 Å². The first-order chi connectivity index (χ1) is 8.54. The number of aliphatic carboxylic acids is 1. The lowest BCUT2D eigenvalue weighted by atomic mass is 10.2. The van der Waals surface area contributed by atoms with Gasteiger partial charge in [-0.15, -0.1) is 0 Å². The Kier molecular flexibility index (Phi) is 5.53. The van der Waals surface area contributed by atoms with Gasteiger partial charge < -0.3 is 24.2 Å². The average Bonchev–Trinajstić information content (AvgIpc) is 2.37. The van der Waals surface area contributed by atoms with Crippen LogP contribution in [0.25, 0.3) is 0 Å². The highest BCUT2D eigenvalue weighted by Gasteiger charge is 2.29. The van der Waals surface area contributed by atoms with E-state index in [1.165, 1.54) is 12.0 Å². The highest BCUT2D eigenvalue weighted by Crippen LogP contribution is 2.07. The second-order valence-corrected chi connectivity index (χ2v) is 3.61. The number of methoxy groups -OCH3 is 1. The van der Waals surface area contributed by atoms with Crippen molar-refractivity contribution in [2.24, 2.45) is 0 Å². The summed E-state index contributed by atoms with van der Waals surface area (Å²) in [5.41, 5.74) is 0. The number of carboxylic acid groups (broad SMARTS) is 1. The van der Waals surface area contributed by atoms with Crippen LogP contribution in [-0.4, -0.2) is 74.0 Å². The summed E-state index contributed by atoms with van der Waals surface area (Å²) < 4.78 is 14.4. The maximum absolute atomic E-state index is 11.6. The molecule has 0 spiro atoms. The second kappa shape index (κ2) is 6.92. The predicted molar refractivity (Wildman–Crippen MR) is 56.8 cm³/mol. The average molecular weight is 261 g/mol. The number of hydrogen-bond donors (Lipinski definition) is 1. The molecule has 0 radical (unpaired) electrons. The minimum absolute atomic E-state index is 0.0853. The van der Waals surface area contributed by atoms with Crippen LogP contribution >= 0.6 is 0 Å². The first-order valence-corrected chi connectivity index (χ1v) is 5.31. The van der Waals surface area contributed by atoms with Gasteiger partial charge in [-0.1, -0.05) is 0 Å². The third kappa shape index (κ3) is 4.30. The second-order valence-electron chi connectivity index (χ2n) is 3.61. The molecule has 0 aromatic rings. The van der Waals surface area contributed by atoms with Gasteiger partial charge in [0.1, 0.15) is 13.2 Å². The fourth-order valence-electron chi connectivity index (χ4n) is 1.47. The summed E-state index contributed by atoms with van der Waals surface area (Å²) in [5.74, 6) is -2.07. The monoisotopic (exact) mass is 261 g/mol. The van der Waals surface area contributed by atoms with Gasteiger partial charge in [0.25, 0.3) is 0 Å². The van der Waals surface area contributed by atoms with Crippen molar-refractivity contribution in [1.29, 1.82) is 0 Å². The summed E-state index contributed by atoms with van der Waals surface area (Å²) in [4.78, 5) is 34.5. The molecule has 1 saturated heterocycles. The number of ether oxygens (including phenoxy) is 3. The molecule has 8 nitrogen and oxygen atoms in total. The van der Waals surface area contributed by atoms with Gasteiger partial charge in [0, 0.05) is 6.54 Å². The topological polar surface area (TPSA) is 102 Å². The molecule has 1 fully saturated rings. The first kappa shape index (κ1) is 14.4. The van der Waals surface area contributed by atoms with Crippen molar-refractivity contribution in [2.75, 3.05) is 40.0 Å². The van der Waals surface area contributed by atoms with Gasteiger partial charge in [-0.05, 0) is 0 Å². The minimum atomic E-state index is -1.14. The summed E-state index contributed by atoms with van der Waals surface area (Å²) >= 11 is 0. The lowest BCUT2D eigenvalue weighted by Crippen LogP contribution is -2.50. The van der Waals surface area contributed by atoms with Gasteiger partial charge >= 0.3 is 11.9 Å². The van der Waals surface area contributed by atoms with Gasteiger partial charge in [-0.3, -0.25) is 4.79 Å². The summed E-state index contributed by atoms with van der Waals surface area (Å²) in [5, 5.41) is 8.35. The highest BCUT2D eigenvalue weighted by atomic mass is 16.6. The standard InChI is InChI=1S/C10H15NO7/c1-16-10(15)7-4-11(2-3-18-7)8(12)5-17-6-9(13)14/h7H,2-6H2,1H3,(H,13,14). The van der Waals surface area contributed by atoms with Gasteiger partial charge in [-0.2, -0.15) is 0 Å². The van der Waals surface area contributed by atoms with Crippen LogP contribution in [0, 0.1) is 0 Å². The van der Waals surface area contributed by atoms with Gasteiger partial charge in [0.2, 0.25) is 5.91 Å². The molecule has 1 rings (SSSR count). The van der Waals surface area contributed by atoms with Gasteiger partial charge in [0.15, 0.2) is 6.10 Å². The SMILES string of the molecule is COC(=O)C1CN(C(=O)COCC(=O)O)CCO1. The van der Waals surface area contributed by atoms with E-state index in [0.717, 1.165) is 0 Å². The molecule has 1 aliphatic rings. The van der Waals surface area contributed by atoms with Crippen molar-refractivity contribution in [3.05, 3.63) is 0 Å². The van der Waals surface area contributed by atoms with E-state index < -0.39 is 24.6 Å². The van der Waals surface area contributed by atoms with Crippen molar-refractivity contribution < 1.29 is 33.7 Å². The van der Waals surface area contributed by atoms with Crippen LogP contribution in [0.15, 0.2) is 0 Å². The van der Waals surface area contributed by atoms with E-state index >= 15 is 0 Å². The Labute approximate surface area is 103 Å². The van der Waals surface area contributed by atoms with Crippen LogP contribution in [0.2, 0.25) is 0 Å². The number of morpholine rings is 1. The molecule has 1 aliphatic heterocycles. The van der Waals surface area contributed by atoms with Crippen molar-refractivity contribution in [3.8, 4) is 0 Å². The molecule has 0 aromatic heterocycles. The number of amides is 1. The molecule has 0 aliphatic carbocycles. The third-order valence-corrected chi connectivity index (χ3v) is 2.33. The fraction of sp³-hybridized carbons (Fsp3) is 0.700. The molecule has 8 heteroatoms. The number of carbonyl (C=O) groups excluding carboxylic acids is 2. The zero-order chi connectivity index (χ0) is 13.5. The molecule has 1 N–H and O–H groups in total. The van der Waals surface area contributed by atoms with Crippen LogP contribution < -0.4 is 0 Å². The van der Waals surface area contributed by atoms with Crippen LogP contribution in [0.4, 0.5) is 0 Å². The number of carboxylic acids is 1. The Hall–Kier alpha value is -1.67. The van der Waals surface area contributed by atoms with E-state index in [1.807, 2.05) is 0 Å². The lowest BCUT2D eigenvalue weighted by Gasteiger charge is -2.31. The normalized spacial score (nSPS) is 19.4.